The lowest BCUT2D eigenvalue weighted by atomic mass is 10.3. The van der Waals surface area contributed by atoms with Crippen molar-refractivity contribution in [1.82, 2.24) is 4.98 Å². The molecule has 0 aliphatic rings. The summed E-state index contributed by atoms with van der Waals surface area (Å²) >= 11 is 5.96. The maximum atomic E-state index is 4.45. The van der Waals surface area contributed by atoms with E-state index in [-0.39, 0.29) is 0 Å². The zero-order chi connectivity index (χ0) is 9.97. The fraction of sp³-hybridized carbons (Fsp3) is 0.100. The maximum Gasteiger partial charge on any atom is 0.196 e. The van der Waals surface area contributed by atoms with E-state index < -0.39 is 0 Å². The van der Waals surface area contributed by atoms with E-state index >= 15 is 0 Å². The first-order valence-corrected chi connectivity index (χ1v) is 5.46. The summed E-state index contributed by atoms with van der Waals surface area (Å²) < 4.78 is 2.98. The molecule has 1 aromatic carbocycles. The monoisotopic (exact) mass is 222 g/mol. The second-order valence-corrected chi connectivity index (χ2v) is 4.33. The standard InChI is InChI=1S/C10H10N2S2/c1-2-7-12(13)10-11-8-5-3-4-6-9(8)14-10/h2-6,13H,1,7H2. The molecule has 0 radical (unpaired) electrons. The molecule has 0 atom stereocenters. The van der Waals surface area contributed by atoms with Crippen LogP contribution in [0.2, 0.25) is 0 Å². The largest absolute Gasteiger partial charge is 0.291 e. The topological polar surface area (TPSA) is 16.1 Å². The van der Waals surface area contributed by atoms with Crippen molar-refractivity contribution in [2.75, 3.05) is 10.8 Å². The van der Waals surface area contributed by atoms with Crippen molar-refractivity contribution < 1.29 is 0 Å². The van der Waals surface area contributed by atoms with Crippen LogP contribution < -0.4 is 4.31 Å². The Balaban J connectivity index is 2.39. The third-order valence-corrected chi connectivity index (χ3v) is 3.35. The van der Waals surface area contributed by atoms with Gasteiger partial charge in [-0.2, -0.15) is 0 Å². The third-order valence-electron chi connectivity index (χ3n) is 1.81. The number of nitrogens with zero attached hydrogens (tertiary/aromatic N) is 2. The van der Waals surface area contributed by atoms with E-state index in [1.165, 1.54) is 4.70 Å². The molecule has 0 saturated heterocycles. The van der Waals surface area contributed by atoms with Gasteiger partial charge in [-0.15, -0.1) is 6.58 Å². The molecule has 2 aromatic rings. The summed E-state index contributed by atoms with van der Waals surface area (Å²) in [7, 11) is 0. The molecule has 14 heavy (non-hydrogen) atoms. The normalized spacial score (nSPS) is 10.4. The lowest BCUT2D eigenvalue weighted by molar-refractivity contribution is 1.20. The van der Waals surface area contributed by atoms with Gasteiger partial charge in [0.05, 0.1) is 10.2 Å². The molecule has 0 spiro atoms. The number of anilines is 1. The smallest absolute Gasteiger partial charge is 0.196 e. The van der Waals surface area contributed by atoms with Gasteiger partial charge in [0.25, 0.3) is 0 Å². The molecule has 1 aromatic heterocycles. The molecule has 2 nitrogen and oxygen atoms in total. The molecule has 0 saturated carbocycles. The molecule has 0 bridgehead atoms. The summed E-state index contributed by atoms with van der Waals surface area (Å²) in [5.74, 6) is 0. The Hall–Kier alpha value is -1.00. The number of rotatable bonds is 3. The van der Waals surface area contributed by atoms with E-state index in [1.807, 2.05) is 18.2 Å². The Bertz CT molecular complexity index is 417. The van der Waals surface area contributed by atoms with Crippen LogP contribution in [0.25, 0.3) is 10.2 Å². The molecule has 0 aliphatic heterocycles. The highest BCUT2D eigenvalue weighted by atomic mass is 32.1. The Labute approximate surface area is 92.4 Å². The van der Waals surface area contributed by atoms with Crippen LogP contribution in [0.15, 0.2) is 36.9 Å². The highest BCUT2D eigenvalue weighted by Gasteiger charge is 2.06. The number of fused-ring (bicyclic) bond motifs is 1. The second-order valence-electron chi connectivity index (χ2n) is 2.83. The summed E-state index contributed by atoms with van der Waals surface area (Å²) in [5, 5.41) is 0.912. The van der Waals surface area contributed by atoms with E-state index in [1.54, 1.807) is 21.7 Å². The lowest BCUT2D eigenvalue weighted by Gasteiger charge is -2.09. The molecule has 1 heterocycles. The van der Waals surface area contributed by atoms with Crippen molar-refractivity contribution in [3.05, 3.63) is 36.9 Å². The highest BCUT2D eigenvalue weighted by molar-refractivity contribution is 7.82. The molecule has 0 amide bonds. The van der Waals surface area contributed by atoms with Gasteiger partial charge in [0.15, 0.2) is 5.13 Å². The van der Waals surface area contributed by atoms with Crippen molar-refractivity contribution in [3.8, 4) is 0 Å². The number of benzene rings is 1. The van der Waals surface area contributed by atoms with Crippen LogP contribution in [0, 0.1) is 0 Å². The summed E-state index contributed by atoms with van der Waals surface area (Å²) in [6.07, 6.45) is 1.80. The first-order valence-electron chi connectivity index (χ1n) is 4.24. The van der Waals surface area contributed by atoms with Crippen LogP contribution in [0.1, 0.15) is 0 Å². The van der Waals surface area contributed by atoms with Gasteiger partial charge in [-0.1, -0.05) is 42.4 Å². The van der Waals surface area contributed by atoms with Gasteiger partial charge in [0.1, 0.15) is 0 Å². The SMILES string of the molecule is C=CCN(S)c1nc2ccccc2s1. The van der Waals surface area contributed by atoms with Crippen LogP contribution in [0.5, 0.6) is 0 Å². The zero-order valence-electron chi connectivity index (χ0n) is 7.55. The third kappa shape index (κ3) is 1.76. The minimum absolute atomic E-state index is 0.697. The van der Waals surface area contributed by atoms with Crippen LogP contribution in [-0.4, -0.2) is 11.5 Å². The molecule has 0 unspecified atom stereocenters. The van der Waals surface area contributed by atoms with Gasteiger partial charge in [-0.05, 0) is 12.1 Å². The van der Waals surface area contributed by atoms with Gasteiger partial charge in [-0.3, -0.25) is 4.31 Å². The summed E-state index contributed by atoms with van der Waals surface area (Å²) in [4.78, 5) is 4.45. The predicted octanol–water partition coefficient (Wildman–Crippen LogP) is 3.13. The fourth-order valence-electron chi connectivity index (χ4n) is 1.17. The Kier molecular flexibility index (Phi) is 2.74. The fourth-order valence-corrected chi connectivity index (χ4v) is 2.34. The van der Waals surface area contributed by atoms with E-state index in [2.05, 4.69) is 30.4 Å². The molecule has 0 N–H and O–H groups in total. The van der Waals surface area contributed by atoms with Crippen LogP contribution in [0.3, 0.4) is 0 Å². The van der Waals surface area contributed by atoms with Crippen LogP contribution >= 0.6 is 24.2 Å². The highest BCUT2D eigenvalue weighted by Crippen LogP contribution is 2.29. The quantitative estimate of drug-likeness (QED) is 0.634. The average molecular weight is 222 g/mol. The average Bonchev–Trinajstić information content (AvgIpc) is 2.61. The molecule has 72 valence electrons. The molecule has 2 rings (SSSR count). The summed E-state index contributed by atoms with van der Waals surface area (Å²) in [6.45, 7) is 4.36. The number of hydrogen-bond acceptors (Lipinski definition) is 4. The molecular weight excluding hydrogens is 212 g/mol. The summed E-state index contributed by atoms with van der Waals surface area (Å²) in [5.41, 5.74) is 1.02. The first kappa shape index (κ1) is 9.55. The number of hydrogen-bond donors (Lipinski definition) is 1. The van der Waals surface area contributed by atoms with Crippen molar-refractivity contribution in [2.45, 2.75) is 0 Å². The van der Waals surface area contributed by atoms with Gasteiger partial charge < -0.3 is 0 Å². The maximum absolute atomic E-state index is 4.45. The van der Waals surface area contributed by atoms with Crippen molar-refractivity contribution in [3.63, 3.8) is 0 Å². The molecule has 0 aliphatic carbocycles. The van der Waals surface area contributed by atoms with Crippen molar-refractivity contribution >= 4 is 39.5 Å². The summed E-state index contributed by atoms with van der Waals surface area (Å²) in [6, 6.07) is 8.07. The molecule has 0 fully saturated rings. The Morgan fingerprint density at radius 2 is 2.29 bits per heavy atom. The van der Waals surface area contributed by atoms with Gasteiger partial charge in [0.2, 0.25) is 0 Å². The van der Waals surface area contributed by atoms with Crippen LogP contribution in [-0.2, 0) is 0 Å². The van der Waals surface area contributed by atoms with Gasteiger partial charge >= 0.3 is 0 Å². The van der Waals surface area contributed by atoms with Crippen LogP contribution in [0.4, 0.5) is 5.13 Å². The predicted molar refractivity (Wildman–Crippen MR) is 66.1 cm³/mol. The molecular formula is C10H10N2S2. The van der Waals surface area contributed by atoms with Crippen molar-refractivity contribution in [2.24, 2.45) is 0 Å². The number of aromatic nitrogens is 1. The first-order chi connectivity index (χ1) is 6.81. The van der Waals surface area contributed by atoms with Gasteiger partial charge in [-0.25, -0.2) is 4.98 Å². The van der Waals surface area contributed by atoms with E-state index in [9.17, 15) is 0 Å². The second kappa shape index (κ2) is 4.02. The Morgan fingerprint density at radius 1 is 1.50 bits per heavy atom. The number of para-hydroxylation sites is 1. The lowest BCUT2D eigenvalue weighted by Crippen LogP contribution is -2.08. The minimum Gasteiger partial charge on any atom is -0.291 e. The van der Waals surface area contributed by atoms with E-state index in [4.69, 9.17) is 0 Å². The minimum atomic E-state index is 0.697. The molecule has 4 heteroatoms. The Morgan fingerprint density at radius 3 is 3.00 bits per heavy atom. The zero-order valence-corrected chi connectivity index (χ0v) is 9.26. The van der Waals surface area contributed by atoms with Crippen molar-refractivity contribution in [1.29, 1.82) is 0 Å². The van der Waals surface area contributed by atoms with E-state index in [0.717, 1.165) is 10.6 Å². The van der Waals surface area contributed by atoms with E-state index in [0.29, 0.717) is 6.54 Å². The number of thiol groups is 1. The number of thiazole rings is 1. The van der Waals surface area contributed by atoms with Gasteiger partial charge in [0, 0.05) is 6.54 Å².